The largest absolute Gasteiger partial charge is 0.495 e. The molecule has 0 spiro atoms. The first-order valence-electron chi connectivity index (χ1n) is 7.88. The average molecular weight is 397 g/mol. The van der Waals surface area contributed by atoms with Gasteiger partial charge in [-0.2, -0.15) is 4.72 Å². The summed E-state index contributed by atoms with van der Waals surface area (Å²) in [6, 6.07) is 8.76. The molecule has 0 saturated heterocycles. The molecule has 0 heterocycles. The zero-order chi connectivity index (χ0) is 19.5. The fourth-order valence-electron chi connectivity index (χ4n) is 2.41. The predicted octanol–water partition coefficient (Wildman–Crippen LogP) is 3.27. The maximum atomic E-state index is 12.5. The minimum atomic E-state index is -3.92. The van der Waals surface area contributed by atoms with Gasteiger partial charge < -0.3 is 10.1 Å². The van der Waals surface area contributed by atoms with Crippen LogP contribution in [0.2, 0.25) is 5.02 Å². The van der Waals surface area contributed by atoms with E-state index in [1.165, 1.54) is 32.2 Å². The average Bonchev–Trinajstić information content (AvgIpc) is 2.57. The molecule has 0 aromatic heterocycles. The third-order valence-electron chi connectivity index (χ3n) is 3.89. The van der Waals surface area contributed by atoms with Crippen LogP contribution in [0.4, 0.5) is 5.69 Å². The number of ether oxygens (including phenoxy) is 1. The molecule has 1 atom stereocenters. The number of sulfonamides is 1. The Morgan fingerprint density at radius 3 is 2.31 bits per heavy atom. The van der Waals surface area contributed by atoms with Gasteiger partial charge in [0.1, 0.15) is 5.75 Å². The number of methoxy groups -OCH3 is 1. The first kappa shape index (κ1) is 20.2. The summed E-state index contributed by atoms with van der Waals surface area (Å²) < 4.78 is 32.4. The molecular weight excluding hydrogens is 376 g/mol. The molecule has 2 rings (SSSR count). The lowest BCUT2D eigenvalue weighted by Crippen LogP contribution is -2.41. The van der Waals surface area contributed by atoms with Crippen molar-refractivity contribution in [2.75, 3.05) is 12.4 Å². The van der Waals surface area contributed by atoms with Gasteiger partial charge in [0.05, 0.1) is 23.1 Å². The highest BCUT2D eigenvalue weighted by Crippen LogP contribution is 2.27. The zero-order valence-electron chi connectivity index (χ0n) is 15.0. The Bertz CT molecular complexity index is 909. The highest BCUT2D eigenvalue weighted by molar-refractivity contribution is 7.89. The zero-order valence-corrected chi connectivity index (χ0v) is 16.5. The number of carbonyl (C=O) groups excluding carboxylic acids is 1. The Balaban J connectivity index is 2.16. The normalized spacial score (nSPS) is 12.5. The van der Waals surface area contributed by atoms with Gasteiger partial charge in [-0.25, -0.2) is 8.42 Å². The van der Waals surface area contributed by atoms with Crippen molar-refractivity contribution in [2.45, 2.75) is 31.7 Å². The quantitative estimate of drug-likeness (QED) is 0.784. The second-order valence-corrected chi connectivity index (χ2v) is 8.02. The molecule has 0 aliphatic heterocycles. The summed E-state index contributed by atoms with van der Waals surface area (Å²) in [6.07, 6.45) is 0. The van der Waals surface area contributed by atoms with Crippen molar-refractivity contribution >= 4 is 33.2 Å². The number of halogens is 1. The Morgan fingerprint density at radius 1 is 1.15 bits per heavy atom. The fraction of sp³-hybridized carbons (Fsp3) is 0.278. The van der Waals surface area contributed by atoms with Crippen molar-refractivity contribution in [2.24, 2.45) is 0 Å². The summed E-state index contributed by atoms with van der Waals surface area (Å²) in [4.78, 5) is 12.4. The molecule has 2 aromatic rings. The van der Waals surface area contributed by atoms with Gasteiger partial charge in [0.2, 0.25) is 15.9 Å². The van der Waals surface area contributed by atoms with E-state index in [0.717, 1.165) is 11.1 Å². The van der Waals surface area contributed by atoms with E-state index in [9.17, 15) is 13.2 Å². The SMILES string of the molecule is COc1ccc(S(=O)(=O)NC(C)C(=O)Nc2c(C)cccc2C)cc1Cl. The van der Waals surface area contributed by atoms with Crippen LogP contribution in [-0.2, 0) is 14.8 Å². The number of carbonyl (C=O) groups is 1. The number of hydrogen-bond acceptors (Lipinski definition) is 4. The van der Waals surface area contributed by atoms with Crippen molar-refractivity contribution in [1.82, 2.24) is 4.72 Å². The number of benzene rings is 2. The van der Waals surface area contributed by atoms with E-state index < -0.39 is 22.0 Å². The molecule has 0 bridgehead atoms. The van der Waals surface area contributed by atoms with E-state index in [2.05, 4.69) is 10.0 Å². The minimum Gasteiger partial charge on any atom is -0.495 e. The van der Waals surface area contributed by atoms with Gasteiger partial charge in [0.25, 0.3) is 0 Å². The maximum Gasteiger partial charge on any atom is 0.242 e. The van der Waals surface area contributed by atoms with E-state index >= 15 is 0 Å². The summed E-state index contributed by atoms with van der Waals surface area (Å²) >= 11 is 5.98. The molecule has 1 unspecified atom stereocenters. The van der Waals surface area contributed by atoms with E-state index in [1.54, 1.807) is 0 Å². The molecule has 8 heteroatoms. The fourth-order valence-corrected chi connectivity index (χ4v) is 3.96. The maximum absolute atomic E-state index is 12.5. The van der Waals surface area contributed by atoms with Crippen LogP contribution < -0.4 is 14.8 Å². The highest BCUT2D eigenvalue weighted by Gasteiger charge is 2.23. The van der Waals surface area contributed by atoms with Gasteiger partial charge in [-0.1, -0.05) is 29.8 Å². The third kappa shape index (κ3) is 4.55. The molecule has 140 valence electrons. The second kappa shape index (κ2) is 8.07. The van der Waals surface area contributed by atoms with Gasteiger partial charge in [-0.3, -0.25) is 4.79 Å². The number of anilines is 1. The molecule has 2 N–H and O–H groups in total. The molecule has 0 aliphatic carbocycles. The summed E-state index contributed by atoms with van der Waals surface area (Å²) in [5.74, 6) is -0.0861. The molecule has 0 saturated carbocycles. The van der Waals surface area contributed by atoms with Crippen molar-refractivity contribution in [1.29, 1.82) is 0 Å². The standard InChI is InChI=1S/C18H21ClN2O4S/c1-11-6-5-7-12(2)17(11)20-18(22)13(3)21-26(23,24)14-8-9-16(25-4)15(19)10-14/h5-10,13,21H,1-4H3,(H,20,22). The molecule has 26 heavy (non-hydrogen) atoms. The molecule has 0 fully saturated rings. The van der Waals surface area contributed by atoms with Gasteiger partial charge in [0.15, 0.2) is 0 Å². The first-order chi connectivity index (χ1) is 12.2. The lowest BCUT2D eigenvalue weighted by molar-refractivity contribution is -0.117. The lowest BCUT2D eigenvalue weighted by Gasteiger charge is -2.17. The predicted molar refractivity (Wildman–Crippen MR) is 102 cm³/mol. The van der Waals surface area contributed by atoms with Gasteiger partial charge >= 0.3 is 0 Å². The number of aryl methyl sites for hydroxylation is 2. The third-order valence-corrected chi connectivity index (χ3v) is 5.72. The van der Waals surface area contributed by atoms with E-state index in [4.69, 9.17) is 16.3 Å². The Morgan fingerprint density at radius 2 is 1.77 bits per heavy atom. The van der Waals surface area contributed by atoms with E-state index in [1.807, 2.05) is 32.0 Å². The molecule has 1 amide bonds. The second-order valence-electron chi connectivity index (χ2n) is 5.90. The van der Waals surface area contributed by atoms with E-state index in [0.29, 0.717) is 11.4 Å². The number of nitrogens with one attached hydrogen (secondary N) is 2. The number of rotatable bonds is 6. The summed E-state index contributed by atoms with van der Waals surface area (Å²) in [5.41, 5.74) is 2.47. The Hall–Kier alpha value is -2.09. The molecular formula is C18H21ClN2O4S. The van der Waals surface area contributed by atoms with Crippen LogP contribution >= 0.6 is 11.6 Å². The van der Waals surface area contributed by atoms with Crippen molar-refractivity contribution in [3.05, 3.63) is 52.5 Å². The molecule has 6 nitrogen and oxygen atoms in total. The van der Waals surface area contributed by atoms with Gasteiger partial charge in [0, 0.05) is 5.69 Å². The van der Waals surface area contributed by atoms with Crippen molar-refractivity contribution < 1.29 is 17.9 Å². The van der Waals surface area contributed by atoms with Crippen molar-refractivity contribution in [3.8, 4) is 5.75 Å². The highest BCUT2D eigenvalue weighted by atomic mass is 35.5. The summed E-state index contributed by atoms with van der Waals surface area (Å²) in [6.45, 7) is 5.22. The minimum absolute atomic E-state index is 0.0463. The monoisotopic (exact) mass is 396 g/mol. The van der Waals surface area contributed by atoms with E-state index in [-0.39, 0.29) is 9.92 Å². The summed E-state index contributed by atoms with van der Waals surface area (Å²) in [5, 5.41) is 2.94. The molecule has 2 aromatic carbocycles. The Kier molecular flexibility index (Phi) is 6.28. The first-order valence-corrected chi connectivity index (χ1v) is 9.74. The van der Waals surface area contributed by atoms with Crippen LogP contribution in [-0.4, -0.2) is 27.5 Å². The van der Waals surface area contributed by atoms with Crippen LogP contribution in [0.1, 0.15) is 18.1 Å². The Labute approximate surface area is 158 Å². The van der Waals surface area contributed by atoms with Crippen LogP contribution in [0.3, 0.4) is 0 Å². The van der Waals surface area contributed by atoms with Crippen LogP contribution in [0.5, 0.6) is 5.75 Å². The number of amides is 1. The summed E-state index contributed by atoms with van der Waals surface area (Å²) in [7, 11) is -2.48. The van der Waals surface area contributed by atoms with Crippen LogP contribution in [0, 0.1) is 13.8 Å². The molecule has 0 radical (unpaired) electrons. The number of para-hydroxylation sites is 1. The van der Waals surface area contributed by atoms with Crippen LogP contribution in [0.25, 0.3) is 0 Å². The van der Waals surface area contributed by atoms with Gasteiger partial charge in [-0.15, -0.1) is 0 Å². The van der Waals surface area contributed by atoms with Crippen LogP contribution in [0.15, 0.2) is 41.3 Å². The van der Waals surface area contributed by atoms with Gasteiger partial charge in [-0.05, 0) is 50.1 Å². The lowest BCUT2D eigenvalue weighted by atomic mass is 10.1. The smallest absolute Gasteiger partial charge is 0.242 e. The molecule has 0 aliphatic rings. The topological polar surface area (TPSA) is 84.5 Å². The van der Waals surface area contributed by atoms with Crippen molar-refractivity contribution in [3.63, 3.8) is 0 Å². The number of hydrogen-bond donors (Lipinski definition) is 2.